The van der Waals surface area contributed by atoms with Gasteiger partial charge in [0.05, 0.1) is 0 Å². The molecule has 0 aliphatic heterocycles. The molecule has 0 spiro atoms. The van der Waals surface area contributed by atoms with Crippen LogP contribution in [0.3, 0.4) is 0 Å². The Morgan fingerprint density at radius 2 is 2.25 bits per heavy atom. The summed E-state index contributed by atoms with van der Waals surface area (Å²) < 4.78 is 0. The predicted molar refractivity (Wildman–Crippen MR) is 72.5 cm³/mol. The number of aliphatic imine (C=N–C) groups is 1. The lowest BCUT2D eigenvalue weighted by atomic mass is 10.2. The Morgan fingerprint density at radius 1 is 1.50 bits per heavy atom. The third kappa shape index (κ3) is 4.22. The van der Waals surface area contributed by atoms with Crippen molar-refractivity contribution in [3.8, 4) is 0 Å². The fourth-order valence-electron chi connectivity index (χ4n) is 1.96. The molecule has 0 aromatic heterocycles. The van der Waals surface area contributed by atoms with Crippen molar-refractivity contribution in [2.75, 3.05) is 12.8 Å². The summed E-state index contributed by atoms with van der Waals surface area (Å²) in [5, 5.41) is 4.11. The Balaban J connectivity index is 2.46. The Hall–Kier alpha value is -0.420. The highest BCUT2D eigenvalue weighted by Crippen LogP contribution is 2.28. The minimum atomic E-state index is 0.511. The first-order chi connectivity index (χ1) is 7.67. The number of guanidine groups is 1. The van der Waals surface area contributed by atoms with E-state index in [1.165, 1.54) is 19.3 Å². The standard InChI is InChI=1S/C11H24N4S/c1-8(2)7-13-11(15-12)14-9-5-4-6-10(9)16-3/h8-10H,4-7,12H2,1-3H3,(H2,13,14,15). The SMILES string of the molecule is CSC1CCCC1NC(=NCC(C)C)NN. The molecule has 4 N–H and O–H groups in total. The van der Waals surface area contributed by atoms with Gasteiger partial charge < -0.3 is 5.32 Å². The maximum atomic E-state index is 5.47. The number of hydrogen-bond acceptors (Lipinski definition) is 3. The van der Waals surface area contributed by atoms with Crippen molar-refractivity contribution in [1.82, 2.24) is 10.7 Å². The van der Waals surface area contributed by atoms with Gasteiger partial charge in [0.25, 0.3) is 0 Å². The number of hydrazine groups is 1. The van der Waals surface area contributed by atoms with Crippen molar-refractivity contribution in [3.05, 3.63) is 0 Å². The van der Waals surface area contributed by atoms with Gasteiger partial charge in [0, 0.05) is 17.8 Å². The highest BCUT2D eigenvalue weighted by atomic mass is 32.2. The summed E-state index contributed by atoms with van der Waals surface area (Å²) in [4.78, 5) is 4.43. The fraction of sp³-hybridized carbons (Fsp3) is 0.909. The highest BCUT2D eigenvalue weighted by Gasteiger charge is 2.26. The number of hydrogen-bond donors (Lipinski definition) is 3. The van der Waals surface area contributed by atoms with Gasteiger partial charge in [-0.05, 0) is 25.0 Å². The number of nitrogens with one attached hydrogen (secondary N) is 2. The molecular weight excluding hydrogens is 220 g/mol. The van der Waals surface area contributed by atoms with Crippen LogP contribution in [-0.4, -0.2) is 30.1 Å². The normalized spacial score (nSPS) is 26.2. The molecule has 1 aliphatic carbocycles. The van der Waals surface area contributed by atoms with Crippen molar-refractivity contribution in [2.45, 2.75) is 44.4 Å². The molecule has 1 saturated carbocycles. The minimum absolute atomic E-state index is 0.511. The molecule has 0 aromatic rings. The molecule has 1 rings (SSSR count). The van der Waals surface area contributed by atoms with Crippen LogP contribution in [0.2, 0.25) is 0 Å². The Morgan fingerprint density at radius 3 is 2.81 bits per heavy atom. The van der Waals surface area contributed by atoms with Crippen LogP contribution >= 0.6 is 11.8 Å². The van der Waals surface area contributed by atoms with Gasteiger partial charge in [-0.25, -0.2) is 5.84 Å². The second-order valence-electron chi connectivity index (χ2n) is 4.68. The zero-order chi connectivity index (χ0) is 12.0. The Labute approximate surface area is 103 Å². The maximum absolute atomic E-state index is 5.47. The number of nitrogens with two attached hydrogens (primary N) is 1. The first kappa shape index (κ1) is 13.6. The van der Waals surface area contributed by atoms with Crippen LogP contribution < -0.4 is 16.6 Å². The number of nitrogens with zero attached hydrogens (tertiary/aromatic N) is 1. The molecule has 0 saturated heterocycles. The fourth-order valence-corrected chi connectivity index (χ4v) is 2.89. The van der Waals surface area contributed by atoms with Crippen molar-refractivity contribution in [3.63, 3.8) is 0 Å². The molecule has 1 aliphatic rings. The Bertz CT molecular complexity index is 230. The van der Waals surface area contributed by atoms with Gasteiger partial charge in [-0.1, -0.05) is 20.3 Å². The zero-order valence-corrected chi connectivity index (χ0v) is 11.3. The average molecular weight is 244 g/mol. The largest absolute Gasteiger partial charge is 0.351 e. The molecule has 94 valence electrons. The van der Waals surface area contributed by atoms with Crippen molar-refractivity contribution in [2.24, 2.45) is 16.8 Å². The summed E-state index contributed by atoms with van der Waals surface area (Å²) in [6.07, 6.45) is 5.98. The van der Waals surface area contributed by atoms with Crippen LogP contribution in [0.25, 0.3) is 0 Å². The summed E-state index contributed by atoms with van der Waals surface area (Å²) in [7, 11) is 0. The van der Waals surface area contributed by atoms with E-state index in [0.717, 1.165) is 12.5 Å². The van der Waals surface area contributed by atoms with Crippen LogP contribution in [0.1, 0.15) is 33.1 Å². The number of rotatable bonds is 4. The first-order valence-electron chi connectivity index (χ1n) is 5.97. The van der Waals surface area contributed by atoms with E-state index in [1.807, 2.05) is 11.8 Å². The third-order valence-electron chi connectivity index (χ3n) is 2.83. The molecule has 4 nitrogen and oxygen atoms in total. The van der Waals surface area contributed by atoms with Gasteiger partial charge in [0.15, 0.2) is 0 Å². The van der Waals surface area contributed by atoms with Crippen LogP contribution in [0.5, 0.6) is 0 Å². The molecule has 0 radical (unpaired) electrons. The Kier molecular flexibility index (Phi) is 5.98. The van der Waals surface area contributed by atoms with E-state index in [9.17, 15) is 0 Å². The molecule has 2 atom stereocenters. The van der Waals surface area contributed by atoms with E-state index in [1.54, 1.807) is 0 Å². The van der Waals surface area contributed by atoms with Crippen LogP contribution in [0, 0.1) is 5.92 Å². The van der Waals surface area contributed by atoms with E-state index in [-0.39, 0.29) is 0 Å². The first-order valence-corrected chi connectivity index (χ1v) is 7.26. The minimum Gasteiger partial charge on any atom is -0.351 e. The molecule has 2 unspecified atom stereocenters. The van der Waals surface area contributed by atoms with E-state index in [2.05, 4.69) is 35.8 Å². The van der Waals surface area contributed by atoms with Crippen LogP contribution in [0.4, 0.5) is 0 Å². The lowest BCUT2D eigenvalue weighted by Crippen LogP contribution is -2.48. The van der Waals surface area contributed by atoms with Gasteiger partial charge >= 0.3 is 0 Å². The van der Waals surface area contributed by atoms with Gasteiger partial charge in [0.2, 0.25) is 5.96 Å². The van der Waals surface area contributed by atoms with Crippen molar-refractivity contribution in [1.29, 1.82) is 0 Å². The summed E-state index contributed by atoms with van der Waals surface area (Å²) >= 11 is 1.93. The van der Waals surface area contributed by atoms with Crippen molar-refractivity contribution >= 4 is 17.7 Å². The lowest BCUT2D eigenvalue weighted by molar-refractivity contribution is 0.612. The molecule has 0 amide bonds. The van der Waals surface area contributed by atoms with Crippen LogP contribution in [-0.2, 0) is 0 Å². The van der Waals surface area contributed by atoms with E-state index < -0.39 is 0 Å². The summed E-state index contributed by atoms with van der Waals surface area (Å²) in [6, 6.07) is 0.511. The van der Waals surface area contributed by atoms with Crippen LogP contribution in [0.15, 0.2) is 4.99 Å². The highest BCUT2D eigenvalue weighted by molar-refractivity contribution is 7.99. The predicted octanol–water partition coefficient (Wildman–Crippen LogP) is 1.34. The summed E-state index contributed by atoms with van der Waals surface area (Å²) in [5.41, 5.74) is 2.66. The lowest BCUT2D eigenvalue weighted by Gasteiger charge is -2.21. The summed E-state index contributed by atoms with van der Waals surface area (Å²) in [6.45, 7) is 5.11. The topological polar surface area (TPSA) is 62.4 Å². The molecule has 1 fully saturated rings. The molecule has 0 heterocycles. The average Bonchev–Trinajstić information content (AvgIpc) is 2.70. The van der Waals surface area contributed by atoms with Gasteiger partial charge in [-0.15, -0.1) is 0 Å². The second-order valence-corrected chi connectivity index (χ2v) is 5.76. The van der Waals surface area contributed by atoms with Gasteiger partial charge in [-0.3, -0.25) is 10.4 Å². The summed E-state index contributed by atoms with van der Waals surface area (Å²) in [5.74, 6) is 6.77. The van der Waals surface area contributed by atoms with Crippen molar-refractivity contribution < 1.29 is 0 Å². The molecule has 5 heteroatoms. The third-order valence-corrected chi connectivity index (χ3v) is 4.00. The van der Waals surface area contributed by atoms with E-state index >= 15 is 0 Å². The smallest absolute Gasteiger partial charge is 0.205 e. The van der Waals surface area contributed by atoms with E-state index in [4.69, 9.17) is 5.84 Å². The van der Waals surface area contributed by atoms with Gasteiger partial charge in [-0.2, -0.15) is 11.8 Å². The van der Waals surface area contributed by atoms with Gasteiger partial charge in [0.1, 0.15) is 0 Å². The molecule has 0 aromatic carbocycles. The second kappa shape index (κ2) is 7.01. The zero-order valence-electron chi connectivity index (χ0n) is 10.5. The quantitative estimate of drug-likeness (QED) is 0.302. The number of thioether (sulfide) groups is 1. The molecule has 0 bridgehead atoms. The molecule has 16 heavy (non-hydrogen) atoms. The maximum Gasteiger partial charge on any atom is 0.205 e. The molecular formula is C11H24N4S. The monoisotopic (exact) mass is 244 g/mol. The van der Waals surface area contributed by atoms with E-state index in [0.29, 0.717) is 17.2 Å².